The van der Waals surface area contributed by atoms with E-state index in [0.717, 1.165) is 41.7 Å². The minimum absolute atomic E-state index is 0.194. The van der Waals surface area contributed by atoms with E-state index in [1.54, 1.807) is 12.4 Å². The zero-order chi connectivity index (χ0) is 25.4. The van der Waals surface area contributed by atoms with E-state index in [-0.39, 0.29) is 29.9 Å². The number of nitrogens with one attached hydrogen (secondary N) is 1. The monoisotopic (exact) mass is 488 g/mol. The van der Waals surface area contributed by atoms with Crippen LogP contribution in [0.4, 0.5) is 23.2 Å². The van der Waals surface area contributed by atoms with Gasteiger partial charge in [-0.3, -0.25) is 14.6 Å². The number of nitrogens with zero attached hydrogens (tertiary/aromatic N) is 1. The van der Waals surface area contributed by atoms with Gasteiger partial charge in [0.25, 0.3) is 6.47 Å². The molecule has 0 radical (unpaired) electrons. The molecular formula is C26H24F4N2O3. The molecule has 1 saturated carbocycles. The van der Waals surface area contributed by atoms with Crippen molar-refractivity contribution in [1.29, 1.82) is 0 Å². The van der Waals surface area contributed by atoms with Crippen molar-refractivity contribution in [2.45, 2.75) is 37.8 Å². The number of pyridine rings is 1. The maximum Gasteiger partial charge on any atom is 0.416 e. The predicted octanol–water partition coefficient (Wildman–Crippen LogP) is 6.52. The van der Waals surface area contributed by atoms with Crippen LogP contribution < -0.4 is 5.32 Å². The summed E-state index contributed by atoms with van der Waals surface area (Å²) in [6.45, 7) is -0.250. The lowest BCUT2D eigenvalue weighted by atomic mass is 9.77. The molecular weight excluding hydrogens is 464 g/mol. The largest absolute Gasteiger partial charge is 0.483 e. The molecule has 2 N–H and O–H groups in total. The van der Waals surface area contributed by atoms with Crippen LogP contribution in [0.15, 0.2) is 67.0 Å². The maximum atomic E-state index is 14.1. The summed E-state index contributed by atoms with van der Waals surface area (Å²) in [7, 11) is 0. The number of anilines is 1. The number of halogens is 4. The molecule has 35 heavy (non-hydrogen) atoms. The summed E-state index contributed by atoms with van der Waals surface area (Å²) in [6, 6.07) is 14.2. The quantitative estimate of drug-likeness (QED) is 0.324. The molecule has 1 fully saturated rings. The van der Waals surface area contributed by atoms with Crippen LogP contribution in [0.1, 0.15) is 42.7 Å². The summed E-state index contributed by atoms with van der Waals surface area (Å²) in [5.74, 6) is -1.58. The second-order valence-electron chi connectivity index (χ2n) is 8.21. The highest BCUT2D eigenvalue weighted by Gasteiger charge is 2.32. The highest BCUT2D eigenvalue weighted by Crippen LogP contribution is 2.38. The van der Waals surface area contributed by atoms with Gasteiger partial charge in [-0.05, 0) is 66.1 Å². The first kappa shape index (κ1) is 25.9. The van der Waals surface area contributed by atoms with Crippen molar-refractivity contribution >= 4 is 18.1 Å². The Morgan fingerprint density at radius 3 is 2.37 bits per heavy atom. The van der Waals surface area contributed by atoms with Crippen LogP contribution in [-0.2, 0) is 15.8 Å². The summed E-state index contributed by atoms with van der Waals surface area (Å²) in [5.41, 5.74) is 1.91. The number of carbonyl (C=O) groups is 2. The van der Waals surface area contributed by atoms with Crippen LogP contribution in [0.3, 0.4) is 0 Å². The van der Waals surface area contributed by atoms with E-state index in [1.165, 1.54) is 0 Å². The van der Waals surface area contributed by atoms with Crippen molar-refractivity contribution in [3.8, 4) is 11.1 Å². The lowest BCUT2D eigenvalue weighted by molar-refractivity contribution is -0.137. The Bertz CT molecular complexity index is 1140. The SMILES string of the molecule is O=C(Nc1ccc(C(F)(F)F)cc1F)C1CCCC(c2ccc(-c3cccnc3)cc2)C1.O=CO. The number of hydrogen-bond acceptors (Lipinski definition) is 3. The molecule has 0 aliphatic heterocycles. The fourth-order valence-electron chi connectivity index (χ4n) is 4.24. The Morgan fingerprint density at radius 1 is 1.06 bits per heavy atom. The van der Waals surface area contributed by atoms with Gasteiger partial charge in [0.2, 0.25) is 5.91 Å². The van der Waals surface area contributed by atoms with E-state index in [2.05, 4.69) is 22.4 Å². The molecule has 3 aromatic rings. The second kappa shape index (κ2) is 11.6. The van der Waals surface area contributed by atoms with E-state index in [0.29, 0.717) is 18.9 Å². The summed E-state index contributed by atoms with van der Waals surface area (Å²) < 4.78 is 52.3. The average molecular weight is 488 g/mol. The van der Waals surface area contributed by atoms with Gasteiger partial charge in [0.05, 0.1) is 11.3 Å². The summed E-state index contributed by atoms with van der Waals surface area (Å²) in [6.07, 6.45) is 1.97. The molecule has 1 aromatic heterocycles. The molecule has 1 aliphatic rings. The Kier molecular flexibility index (Phi) is 8.57. The summed E-state index contributed by atoms with van der Waals surface area (Å²) in [4.78, 5) is 25.2. The van der Waals surface area contributed by atoms with Crippen LogP contribution in [0.2, 0.25) is 0 Å². The molecule has 0 bridgehead atoms. The van der Waals surface area contributed by atoms with E-state index >= 15 is 0 Å². The van der Waals surface area contributed by atoms with Gasteiger partial charge in [0, 0.05) is 18.3 Å². The molecule has 1 amide bonds. The normalized spacial score (nSPS) is 17.6. The average Bonchev–Trinajstić information content (AvgIpc) is 2.86. The van der Waals surface area contributed by atoms with Crippen molar-refractivity contribution in [2.75, 3.05) is 5.32 Å². The Labute approximate surface area is 199 Å². The predicted molar refractivity (Wildman–Crippen MR) is 123 cm³/mol. The zero-order valence-corrected chi connectivity index (χ0v) is 18.6. The maximum absolute atomic E-state index is 14.1. The van der Waals surface area contributed by atoms with Crippen molar-refractivity contribution < 1.29 is 32.3 Å². The molecule has 4 rings (SSSR count). The van der Waals surface area contributed by atoms with Gasteiger partial charge in [-0.15, -0.1) is 0 Å². The number of aromatic nitrogens is 1. The van der Waals surface area contributed by atoms with Gasteiger partial charge in [-0.2, -0.15) is 13.2 Å². The number of carbonyl (C=O) groups excluding carboxylic acids is 1. The highest BCUT2D eigenvalue weighted by atomic mass is 19.4. The second-order valence-corrected chi connectivity index (χ2v) is 8.21. The highest BCUT2D eigenvalue weighted by molar-refractivity contribution is 5.92. The number of carboxylic acid groups (broad SMARTS) is 1. The summed E-state index contributed by atoms with van der Waals surface area (Å²) in [5, 5.41) is 9.36. The number of benzene rings is 2. The molecule has 9 heteroatoms. The minimum Gasteiger partial charge on any atom is -0.483 e. The molecule has 1 heterocycles. The standard InChI is InChI=1S/C25H22F4N2O.CH2O2/c26-22-14-21(25(27,28)29)10-11-23(22)31-24(32)19-4-1-3-18(13-19)16-6-8-17(9-7-16)20-5-2-12-30-15-20;2-1-3/h2,5-12,14-15,18-19H,1,3-4,13H2,(H,31,32);1H,(H,2,3). The van der Waals surface area contributed by atoms with Crippen molar-refractivity contribution in [3.63, 3.8) is 0 Å². The molecule has 1 aliphatic carbocycles. The van der Waals surface area contributed by atoms with Gasteiger partial charge >= 0.3 is 6.18 Å². The number of rotatable bonds is 4. The Hall–Kier alpha value is -3.75. The third-order valence-corrected chi connectivity index (χ3v) is 5.98. The van der Waals surface area contributed by atoms with Gasteiger partial charge < -0.3 is 10.4 Å². The number of amides is 1. The van der Waals surface area contributed by atoms with E-state index in [1.807, 2.05) is 24.3 Å². The van der Waals surface area contributed by atoms with E-state index in [9.17, 15) is 22.4 Å². The lowest BCUT2D eigenvalue weighted by Crippen LogP contribution is -2.28. The molecule has 5 nitrogen and oxygen atoms in total. The van der Waals surface area contributed by atoms with Gasteiger partial charge in [0.1, 0.15) is 5.82 Å². The molecule has 2 unspecified atom stereocenters. The van der Waals surface area contributed by atoms with Gasteiger partial charge in [-0.25, -0.2) is 4.39 Å². The van der Waals surface area contributed by atoms with Crippen LogP contribution in [0.25, 0.3) is 11.1 Å². The van der Waals surface area contributed by atoms with E-state index in [4.69, 9.17) is 9.90 Å². The van der Waals surface area contributed by atoms with E-state index < -0.39 is 17.6 Å². The van der Waals surface area contributed by atoms with Crippen molar-refractivity contribution in [3.05, 3.63) is 83.9 Å². The summed E-state index contributed by atoms with van der Waals surface area (Å²) >= 11 is 0. The van der Waals surface area contributed by atoms with Gasteiger partial charge in [-0.1, -0.05) is 36.8 Å². The van der Waals surface area contributed by atoms with Crippen LogP contribution >= 0.6 is 0 Å². The first-order valence-electron chi connectivity index (χ1n) is 11.0. The Balaban J connectivity index is 0.00000108. The molecule has 2 atom stereocenters. The fraction of sp³-hybridized carbons (Fsp3) is 0.269. The smallest absolute Gasteiger partial charge is 0.416 e. The minimum atomic E-state index is -4.63. The van der Waals surface area contributed by atoms with Crippen molar-refractivity contribution in [2.24, 2.45) is 5.92 Å². The van der Waals surface area contributed by atoms with Crippen LogP contribution in [0.5, 0.6) is 0 Å². The fourth-order valence-corrected chi connectivity index (χ4v) is 4.24. The topological polar surface area (TPSA) is 79.3 Å². The van der Waals surface area contributed by atoms with Crippen LogP contribution in [0, 0.1) is 11.7 Å². The number of hydrogen-bond donors (Lipinski definition) is 2. The molecule has 0 saturated heterocycles. The Morgan fingerprint density at radius 2 is 1.77 bits per heavy atom. The third-order valence-electron chi connectivity index (χ3n) is 5.98. The molecule has 0 spiro atoms. The first-order chi connectivity index (χ1) is 16.7. The lowest BCUT2D eigenvalue weighted by Gasteiger charge is -2.29. The van der Waals surface area contributed by atoms with Crippen LogP contribution in [-0.4, -0.2) is 22.5 Å². The van der Waals surface area contributed by atoms with Crippen molar-refractivity contribution in [1.82, 2.24) is 4.98 Å². The zero-order valence-electron chi connectivity index (χ0n) is 18.6. The third kappa shape index (κ3) is 6.88. The van der Waals surface area contributed by atoms with Gasteiger partial charge in [0.15, 0.2) is 0 Å². The first-order valence-corrected chi connectivity index (χ1v) is 11.0. The molecule has 2 aromatic carbocycles. The number of alkyl halides is 3. The molecule has 184 valence electrons.